The largest absolute Gasteiger partial charge is 0.497 e. The summed E-state index contributed by atoms with van der Waals surface area (Å²) >= 11 is 17.2. The number of rotatable bonds is 2. The number of halogens is 3. The van der Waals surface area contributed by atoms with Gasteiger partial charge in [-0.3, -0.25) is 0 Å². The molecule has 0 fully saturated rings. The Labute approximate surface area is 125 Å². The lowest BCUT2D eigenvalue weighted by Crippen LogP contribution is -2.36. The van der Waals surface area contributed by atoms with Crippen LogP contribution >= 0.6 is 34.8 Å². The number of aliphatic hydroxyl groups excluding tert-OH is 1. The number of hydrogen-bond donors (Lipinski definition) is 1. The molecule has 7 heteroatoms. The molecule has 0 saturated carbocycles. The molecule has 2 atom stereocenters. The van der Waals surface area contributed by atoms with Crippen molar-refractivity contribution >= 4 is 40.7 Å². The van der Waals surface area contributed by atoms with E-state index < -0.39 is 15.9 Å². The standard InChI is InChI=1S/C12H12Cl3NO3/c1-18-8-4-2-7(3-5-8)10-9(17)6-19-11(16-10)12(13,14)15/h2-5,9-10,17H,6H2,1H3/t9-,10+/m0/s1. The van der Waals surface area contributed by atoms with Crippen LogP contribution in [0, 0.1) is 0 Å². The van der Waals surface area contributed by atoms with Crippen molar-refractivity contribution in [1.82, 2.24) is 0 Å². The molecule has 1 aromatic carbocycles. The van der Waals surface area contributed by atoms with Gasteiger partial charge in [-0.15, -0.1) is 0 Å². The summed E-state index contributed by atoms with van der Waals surface area (Å²) in [6.45, 7) is 0.0312. The van der Waals surface area contributed by atoms with Crippen LogP contribution in [-0.4, -0.2) is 34.6 Å². The van der Waals surface area contributed by atoms with Crippen molar-refractivity contribution in [2.75, 3.05) is 13.7 Å². The summed E-state index contributed by atoms with van der Waals surface area (Å²) in [5.74, 6) is 0.708. The van der Waals surface area contributed by atoms with E-state index in [0.29, 0.717) is 0 Å². The third-order valence-corrected chi connectivity index (χ3v) is 3.20. The molecule has 104 valence electrons. The highest BCUT2D eigenvalue weighted by molar-refractivity contribution is 6.76. The molecule has 0 aromatic heterocycles. The Morgan fingerprint density at radius 2 is 1.95 bits per heavy atom. The molecule has 1 N–H and O–H groups in total. The Kier molecular flexibility index (Phi) is 4.46. The zero-order chi connectivity index (χ0) is 14.0. The molecule has 0 unspecified atom stereocenters. The first-order valence-corrected chi connectivity index (χ1v) is 6.65. The first-order valence-electron chi connectivity index (χ1n) is 5.51. The molecule has 19 heavy (non-hydrogen) atoms. The third-order valence-electron chi connectivity index (χ3n) is 2.71. The van der Waals surface area contributed by atoms with E-state index in [2.05, 4.69) is 4.99 Å². The number of aliphatic imine (C=N–C) groups is 1. The van der Waals surface area contributed by atoms with Gasteiger partial charge in [0.05, 0.1) is 7.11 Å². The van der Waals surface area contributed by atoms with E-state index in [1.54, 1.807) is 31.4 Å². The topological polar surface area (TPSA) is 51.0 Å². The van der Waals surface area contributed by atoms with Crippen LogP contribution < -0.4 is 4.74 Å². The van der Waals surface area contributed by atoms with Crippen molar-refractivity contribution in [3.63, 3.8) is 0 Å². The van der Waals surface area contributed by atoms with Crippen molar-refractivity contribution in [3.8, 4) is 5.75 Å². The van der Waals surface area contributed by atoms with Gasteiger partial charge in [0, 0.05) is 0 Å². The van der Waals surface area contributed by atoms with Gasteiger partial charge in [-0.2, -0.15) is 0 Å². The quantitative estimate of drug-likeness (QED) is 0.851. The van der Waals surface area contributed by atoms with E-state index in [0.717, 1.165) is 11.3 Å². The van der Waals surface area contributed by atoms with Gasteiger partial charge in [0.25, 0.3) is 3.79 Å². The minimum Gasteiger partial charge on any atom is -0.497 e. The van der Waals surface area contributed by atoms with Crippen molar-refractivity contribution in [2.24, 2.45) is 4.99 Å². The van der Waals surface area contributed by atoms with Gasteiger partial charge < -0.3 is 14.6 Å². The van der Waals surface area contributed by atoms with Gasteiger partial charge in [-0.1, -0.05) is 46.9 Å². The van der Waals surface area contributed by atoms with E-state index in [9.17, 15) is 5.11 Å². The van der Waals surface area contributed by atoms with E-state index in [-0.39, 0.29) is 12.5 Å². The highest BCUT2D eigenvalue weighted by Gasteiger charge is 2.37. The molecular weight excluding hydrogens is 312 g/mol. The van der Waals surface area contributed by atoms with Crippen LogP contribution in [0.2, 0.25) is 0 Å². The van der Waals surface area contributed by atoms with Crippen molar-refractivity contribution in [3.05, 3.63) is 29.8 Å². The Hall–Kier alpha value is -0.680. The predicted molar refractivity (Wildman–Crippen MR) is 75.4 cm³/mol. The van der Waals surface area contributed by atoms with Gasteiger partial charge in [-0.25, -0.2) is 4.99 Å². The van der Waals surface area contributed by atoms with Crippen LogP contribution in [0.15, 0.2) is 29.3 Å². The van der Waals surface area contributed by atoms with Crippen LogP contribution in [0.25, 0.3) is 0 Å². The van der Waals surface area contributed by atoms with Gasteiger partial charge >= 0.3 is 0 Å². The van der Waals surface area contributed by atoms with Gasteiger partial charge in [0.2, 0.25) is 5.90 Å². The van der Waals surface area contributed by atoms with E-state index >= 15 is 0 Å². The SMILES string of the molecule is COc1ccc([C@H]2N=C(C(Cl)(Cl)Cl)OC[C@@H]2O)cc1. The molecule has 0 spiro atoms. The van der Waals surface area contributed by atoms with Crippen LogP contribution in [0.1, 0.15) is 11.6 Å². The highest BCUT2D eigenvalue weighted by atomic mass is 35.6. The summed E-state index contributed by atoms with van der Waals surface area (Å²) in [7, 11) is 1.58. The minimum absolute atomic E-state index is 0.0105. The van der Waals surface area contributed by atoms with Crippen LogP contribution in [0.5, 0.6) is 5.75 Å². The lowest BCUT2D eigenvalue weighted by molar-refractivity contribution is 0.0632. The minimum atomic E-state index is -1.73. The maximum atomic E-state index is 9.94. The number of aliphatic hydroxyl groups is 1. The fourth-order valence-corrected chi connectivity index (χ4v) is 2.07. The molecule has 1 heterocycles. The lowest BCUT2D eigenvalue weighted by Gasteiger charge is -2.28. The highest BCUT2D eigenvalue weighted by Crippen LogP contribution is 2.35. The second-order valence-electron chi connectivity index (χ2n) is 4.03. The molecule has 0 radical (unpaired) electrons. The van der Waals surface area contributed by atoms with Crippen LogP contribution in [-0.2, 0) is 4.74 Å². The molecule has 0 bridgehead atoms. The number of methoxy groups -OCH3 is 1. The molecule has 0 amide bonds. The average molecular weight is 325 g/mol. The number of ether oxygens (including phenoxy) is 2. The van der Waals surface area contributed by atoms with Crippen molar-refractivity contribution in [1.29, 1.82) is 0 Å². The Bertz CT molecular complexity index is 470. The molecule has 2 rings (SSSR count). The Morgan fingerprint density at radius 1 is 1.32 bits per heavy atom. The summed E-state index contributed by atoms with van der Waals surface area (Å²) in [5, 5.41) is 9.94. The number of hydrogen-bond acceptors (Lipinski definition) is 4. The molecule has 1 aliphatic heterocycles. The Balaban J connectivity index is 2.30. The molecule has 4 nitrogen and oxygen atoms in total. The molecule has 0 aliphatic carbocycles. The molecule has 1 aliphatic rings. The zero-order valence-electron chi connectivity index (χ0n) is 10.0. The number of nitrogens with zero attached hydrogens (tertiary/aromatic N) is 1. The normalized spacial score (nSPS) is 23.5. The van der Waals surface area contributed by atoms with E-state index in [1.807, 2.05) is 0 Å². The summed E-state index contributed by atoms with van der Waals surface area (Å²) in [6.07, 6.45) is -0.788. The maximum Gasteiger partial charge on any atom is 0.266 e. The number of alkyl halides is 3. The maximum absolute atomic E-state index is 9.94. The van der Waals surface area contributed by atoms with E-state index in [4.69, 9.17) is 44.3 Å². The molecular formula is C12H12Cl3NO3. The Morgan fingerprint density at radius 3 is 2.47 bits per heavy atom. The van der Waals surface area contributed by atoms with E-state index in [1.165, 1.54) is 0 Å². The second kappa shape index (κ2) is 5.75. The van der Waals surface area contributed by atoms with Gasteiger partial charge in [0.15, 0.2) is 0 Å². The van der Waals surface area contributed by atoms with Crippen LogP contribution in [0.3, 0.4) is 0 Å². The predicted octanol–water partition coefficient (Wildman–Crippen LogP) is 2.90. The van der Waals surface area contributed by atoms with Crippen molar-refractivity contribution in [2.45, 2.75) is 15.9 Å². The second-order valence-corrected chi connectivity index (χ2v) is 6.31. The zero-order valence-corrected chi connectivity index (χ0v) is 12.3. The monoisotopic (exact) mass is 323 g/mol. The summed E-state index contributed by atoms with van der Waals surface area (Å²) in [6, 6.07) is 6.64. The van der Waals surface area contributed by atoms with Gasteiger partial charge in [-0.05, 0) is 17.7 Å². The van der Waals surface area contributed by atoms with Crippen LogP contribution in [0.4, 0.5) is 0 Å². The molecule has 0 saturated heterocycles. The summed E-state index contributed by atoms with van der Waals surface area (Å²) in [5.41, 5.74) is 0.795. The third kappa shape index (κ3) is 3.45. The van der Waals surface area contributed by atoms with Gasteiger partial charge in [0.1, 0.15) is 24.5 Å². The smallest absolute Gasteiger partial charge is 0.266 e. The number of benzene rings is 1. The fraction of sp³-hybridized carbons (Fsp3) is 0.417. The summed E-state index contributed by atoms with van der Waals surface area (Å²) < 4.78 is 8.47. The first kappa shape index (κ1) is 14.7. The average Bonchev–Trinajstić information content (AvgIpc) is 2.38. The fourth-order valence-electron chi connectivity index (χ4n) is 1.76. The lowest BCUT2D eigenvalue weighted by atomic mass is 10.0. The summed E-state index contributed by atoms with van der Waals surface area (Å²) in [4.78, 5) is 4.17. The van der Waals surface area contributed by atoms with Crippen molar-refractivity contribution < 1.29 is 14.6 Å². The molecule has 1 aromatic rings. The first-order chi connectivity index (χ1) is 8.91.